The average Bonchev–Trinajstić information content (AvgIpc) is 2.47. The van der Waals surface area contributed by atoms with Crippen molar-refractivity contribution in [1.82, 2.24) is 5.32 Å². The molecule has 3 nitrogen and oxygen atoms in total. The predicted molar refractivity (Wildman–Crippen MR) is 74.4 cm³/mol. The molecule has 0 radical (unpaired) electrons. The third-order valence-corrected chi connectivity index (χ3v) is 4.38. The monoisotopic (exact) mass is 246 g/mol. The van der Waals surface area contributed by atoms with E-state index >= 15 is 0 Å². The highest BCUT2D eigenvalue weighted by Gasteiger charge is 2.29. The van der Waals surface area contributed by atoms with Gasteiger partial charge in [0.1, 0.15) is 5.75 Å². The molecule has 18 heavy (non-hydrogen) atoms. The van der Waals surface area contributed by atoms with Crippen molar-refractivity contribution < 1.29 is 4.74 Å². The van der Waals surface area contributed by atoms with Crippen molar-refractivity contribution in [3.8, 4) is 5.75 Å². The first-order chi connectivity index (χ1) is 8.88. The number of methoxy groups -OCH3 is 1. The second-order valence-electron chi connectivity index (χ2n) is 5.36. The van der Waals surface area contributed by atoms with E-state index in [0.29, 0.717) is 5.92 Å². The first kappa shape index (κ1) is 11.8. The van der Waals surface area contributed by atoms with Gasteiger partial charge in [0.05, 0.1) is 7.11 Å². The highest BCUT2D eigenvalue weighted by atomic mass is 16.5. The van der Waals surface area contributed by atoms with Crippen LogP contribution >= 0.6 is 0 Å². The zero-order chi connectivity index (χ0) is 12.4. The summed E-state index contributed by atoms with van der Waals surface area (Å²) < 4.78 is 5.38. The second kappa shape index (κ2) is 5.19. The zero-order valence-electron chi connectivity index (χ0n) is 11.0. The summed E-state index contributed by atoms with van der Waals surface area (Å²) in [6.07, 6.45) is 3.87. The van der Waals surface area contributed by atoms with Gasteiger partial charge >= 0.3 is 0 Å². The van der Waals surface area contributed by atoms with Crippen molar-refractivity contribution in [2.45, 2.75) is 25.2 Å². The predicted octanol–water partition coefficient (Wildman–Crippen LogP) is 2.59. The molecule has 3 rings (SSSR count). The van der Waals surface area contributed by atoms with Gasteiger partial charge in [0.15, 0.2) is 0 Å². The minimum atomic E-state index is 0.707. The van der Waals surface area contributed by atoms with Gasteiger partial charge in [-0.1, -0.05) is 0 Å². The Morgan fingerprint density at radius 1 is 1.11 bits per heavy atom. The summed E-state index contributed by atoms with van der Waals surface area (Å²) in [5.41, 5.74) is 2.78. The van der Waals surface area contributed by atoms with Gasteiger partial charge in [0.2, 0.25) is 0 Å². The number of fused-ring (bicyclic) bond motifs is 1. The smallest absolute Gasteiger partial charge is 0.119 e. The Bertz CT molecular complexity index is 413. The summed E-state index contributed by atoms with van der Waals surface area (Å²) in [5, 5.41) is 6.97. The van der Waals surface area contributed by atoms with E-state index in [1.807, 2.05) is 0 Å². The highest BCUT2D eigenvalue weighted by molar-refractivity contribution is 5.57. The van der Waals surface area contributed by atoms with Gasteiger partial charge in [0.25, 0.3) is 0 Å². The highest BCUT2D eigenvalue weighted by Crippen LogP contribution is 2.41. The fourth-order valence-corrected chi connectivity index (χ4v) is 3.39. The van der Waals surface area contributed by atoms with Crippen molar-refractivity contribution in [2.75, 3.05) is 32.1 Å². The number of anilines is 1. The van der Waals surface area contributed by atoms with Crippen LogP contribution in [0.15, 0.2) is 18.2 Å². The molecule has 0 amide bonds. The molecule has 1 aromatic carbocycles. The molecule has 0 saturated carbocycles. The molecule has 1 fully saturated rings. The normalized spacial score (nSPS) is 24.2. The molecular weight excluding hydrogens is 224 g/mol. The first-order valence-corrected chi connectivity index (χ1v) is 7.01. The largest absolute Gasteiger partial charge is 0.497 e. The van der Waals surface area contributed by atoms with Crippen LogP contribution in [-0.2, 0) is 0 Å². The Morgan fingerprint density at radius 2 is 1.94 bits per heavy atom. The van der Waals surface area contributed by atoms with E-state index < -0.39 is 0 Å². The van der Waals surface area contributed by atoms with Crippen LogP contribution in [0.1, 0.15) is 30.7 Å². The Hall–Kier alpha value is -1.22. The average molecular weight is 246 g/mol. The topological polar surface area (TPSA) is 33.3 Å². The van der Waals surface area contributed by atoms with Crippen LogP contribution in [0.4, 0.5) is 5.69 Å². The molecule has 0 spiro atoms. The Balaban J connectivity index is 1.89. The fraction of sp³-hybridized carbons (Fsp3) is 0.600. The molecule has 2 N–H and O–H groups in total. The van der Waals surface area contributed by atoms with Gasteiger partial charge in [-0.25, -0.2) is 0 Å². The second-order valence-corrected chi connectivity index (χ2v) is 5.36. The van der Waals surface area contributed by atoms with E-state index in [4.69, 9.17) is 4.74 Å². The lowest BCUT2D eigenvalue weighted by Gasteiger charge is -2.35. The van der Waals surface area contributed by atoms with Crippen molar-refractivity contribution in [2.24, 2.45) is 5.92 Å². The number of hydrogen-bond acceptors (Lipinski definition) is 3. The van der Waals surface area contributed by atoms with E-state index in [0.717, 1.165) is 18.2 Å². The summed E-state index contributed by atoms with van der Waals surface area (Å²) >= 11 is 0. The maximum absolute atomic E-state index is 5.38. The standard InChI is InChI=1S/C15H22N2O/c1-18-12-2-3-15-14(10-12)13(6-9-17-15)11-4-7-16-8-5-11/h2-3,10-11,13,16-17H,4-9H2,1H3. The van der Waals surface area contributed by atoms with Gasteiger partial charge < -0.3 is 15.4 Å². The molecule has 3 heteroatoms. The van der Waals surface area contributed by atoms with Crippen molar-refractivity contribution in [3.05, 3.63) is 23.8 Å². The van der Waals surface area contributed by atoms with E-state index in [9.17, 15) is 0 Å². The number of benzene rings is 1. The SMILES string of the molecule is COc1ccc2c(c1)C(C1CCNCC1)CCN2. The van der Waals surface area contributed by atoms with Crippen LogP contribution in [0.2, 0.25) is 0 Å². The van der Waals surface area contributed by atoms with Crippen LogP contribution in [-0.4, -0.2) is 26.7 Å². The van der Waals surface area contributed by atoms with Gasteiger partial charge in [-0.3, -0.25) is 0 Å². The summed E-state index contributed by atoms with van der Waals surface area (Å²) in [5.74, 6) is 2.52. The van der Waals surface area contributed by atoms with Crippen molar-refractivity contribution >= 4 is 5.69 Å². The lowest BCUT2D eigenvalue weighted by molar-refractivity contribution is 0.306. The molecule has 1 aromatic rings. The maximum Gasteiger partial charge on any atom is 0.119 e. The molecule has 2 heterocycles. The van der Waals surface area contributed by atoms with E-state index in [2.05, 4.69) is 28.8 Å². The quantitative estimate of drug-likeness (QED) is 0.841. The van der Waals surface area contributed by atoms with E-state index in [1.54, 1.807) is 7.11 Å². The third kappa shape index (κ3) is 2.19. The van der Waals surface area contributed by atoms with Crippen LogP contribution in [0.25, 0.3) is 0 Å². The van der Waals surface area contributed by atoms with Gasteiger partial charge in [-0.15, -0.1) is 0 Å². The molecular formula is C15H22N2O. The maximum atomic E-state index is 5.38. The molecule has 0 aromatic heterocycles. The molecule has 1 atom stereocenters. The lowest BCUT2D eigenvalue weighted by atomic mass is 9.76. The molecule has 0 aliphatic carbocycles. The number of piperidine rings is 1. The summed E-state index contributed by atoms with van der Waals surface area (Å²) in [6.45, 7) is 3.45. The van der Waals surface area contributed by atoms with Crippen molar-refractivity contribution in [3.63, 3.8) is 0 Å². The van der Waals surface area contributed by atoms with Crippen LogP contribution in [0.3, 0.4) is 0 Å². The molecule has 1 saturated heterocycles. The summed E-state index contributed by atoms with van der Waals surface area (Å²) in [6, 6.07) is 6.45. The summed E-state index contributed by atoms with van der Waals surface area (Å²) in [7, 11) is 1.75. The van der Waals surface area contributed by atoms with Crippen molar-refractivity contribution in [1.29, 1.82) is 0 Å². The lowest BCUT2D eigenvalue weighted by Crippen LogP contribution is -2.33. The third-order valence-electron chi connectivity index (χ3n) is 4.38. The number of nitrogens with one attached hydrogen (secondary N) is 2. The van der Waals surface area contributed by atoms with E-state index in [-0.39, 0.29) is 0 Å². The minimum absolute atomic E-state index is 0.707. The zero-order valence-corrected chi connectivity index (χ0v) is 11.0. The van der Waals surface area contributed by atoms with Gasteiger partial charge in [-0.2, -0.15) is 0 Å². The molecule has 2 aliphatic rings. The number of rotatable bonds is 2. The summed E-state index contributed by atoms with van der Waals surface area (Å²) in [4.78, 5) is 0. The van der Waals surface area contributed by atoms with Crippen LogP contribution < -0.4 is 15.4 Å². The number of ether oxygens (including phenoxy) is 1. The Kier molecular flexibility index (Phi) is 3.41. The number of hydrogen-bond donors (Lipinski definition) is 2. The molecule has 2 aliphatic heterocycles. The first-order valence-electron chi connectivity index (χ1n) is 7.01. The Labute approximate surface area is 109 Å². The van der Waals surface area contributed by atoms with Gasteiger partial charge in [-0.05, 0) is 68.0 Å². The minimum Gasteiger partial charge on any atom is -0.497 e. The molecule has 98 valence electrons. The van der Waals surface area contributed by atoms with E-state index in [1.165, 1.54) is 43.6 Å². The molecule has 0 bridgehead atoms. The Morgan fingerprint density at radius 3 is 2.72 bits per heavy atom. The van der Waals surface area contributed by atoms with Gasteiger partial charge in [0, 0.05) is 12.2 Å². The van der Waals surface area contributed by atoms with Crippen LogP contribution in [0.5, 0.6) is 5.75 Å². The fourth-order valence-electron chi connectivity index (χ4n) is 3.39. The molecule has 1 unspecified atom stereocenters. The van der Waals surface area contributed by atoms with Crippen LogP contribution in [0, 0.1) is 5.92 Å².